The van der Waals surface area contributed by atoms with Gasteiger partial charge < -0.3 is 14.5 Å². The van der Waals surface area contributed by atoms with Crippen LogP contribution in [0, 0.1) is 0 Å². The fourth-order valence-electron chi connectivity index (χ4n) is 3.84. The van der Waals surface area contributed by atoms with E-state index in [0.29, 0.717) is 13.1 Å². The molecular weight excluding hydrogens is 586 g/mol. The zero-order chi connectivity index (χ0) is 30.7. The van der Waals surface area contributed by atoms with E-state index in [9.17, 15) is 4.79 Å². The van der Waals surface area contributed by atoms with Crippen molar-refractivity contribution in [3.63, 3.8) is 0 Å². The first-order valence-corrected chi connectivity index (χ1v) is 15.6. The minimum Gasteiger partial charge on any atom is -0.444 e. The zero-order valence-corrected chi connectivity index (χ0v) is 29.0. The first-order valence-electron chi connectivity index (χ1n) is 14.5. The highest BCUT2D eigenvalue weighted by atomic mass is 79.9. The van der Waals surface area contributed by atoms with Gasteiger partial charge in [0.1, 0.15) is 5.60 Å². The molecule has 0 bridgehead atoms. The number of hydrogen-bond acceptors (Lipinski definition) is 4. The van der Waals surface area contributed by atoms with Crippen molar-refractivity contribution in [2.75, 3.05) is 26.2 Å². The van der Waals surface area contributed by atoms with Gasteiger partial charge in [-0.1, -0.05) is 84.6 Å². The predicted molar refractivity (Wildman–Crippen MR) is 179 cm³/mol. The Morgan fingerprint density at radius 2 is 1.57 bits per heavy atom. The van der Waals surface area contributed by atoms with E-state index in [2.05, 4.69) is 66.5 Å². The lowest BCUT2D eigenvalue weighted by atomic mass is 10.1. The van der Waals surface area contributed by atoms with Gasteiger partial charge in [-0.2, -0.15) is 0 Å². The Morgan fingerprint density at radius 3 is 2.08 bits per heavy atom. The summed E-state index contributed by atoms with van der Waals surface area (Å²) < 4.78 is 6.51. The summed E-state index contributed by atoms with van der Waals surface area (Å²) in [5.74, 6) is 0. The molecule has 1 fully saturated rings. The summed E-state index contributed by atoms with van der Waals surface area (Å²) in [6, 6.07) is 0. The summed E-state index contributed by atoms with van der Waals surface area (Å²) in [5, 5.41) is 0.815. The van der Waals surface area contributed by atoms with Crippen molar-refractivity contribution in [3.05, 3.63) is 69.0 Å². The number of ether oxygens (including phenoxy) is 1. The first-order chi connectivity index (χ1) is 18.8. The van der Waals surface area contributed by atoms with E-state index in [1.54, 1.807) is 4.90 Å². The molecule has 0 aromatic carbocycles. The number of halogens is 2. The SMILES string of the molecule is CC/C=C/C=C(Cl)\C=C(/C)CCC.C\C=C(Br)/C(=C(/C)N1CCN(C(=O)OC(C)(C)C)CC1)C(/C)=N/C=C/CC. The Morgan fingerprint density at radius 1 is 1.00 bits per heavy atom. The molecule has 0 aromatic heterocycles. The molecule has 1 heterocycles. The molecule has 7 heteroatoms. The van der Waals surface area contributed by atoms with Crippen LogP contribution in [0.4, 0.5) is 4.79 Å². The molecule has 0 radical (unpaired) electrons. The minimum atomic E-state index is -0.465. The van der Waals surface area contributed by atoms with Gasteiger partial charge in [0.15, 0.2) is 0 Å². The number of carbonyl (C=O) groups is 1. The van der Waals surface area contributed by atoms with Crippen LogP contribution in [0.5, 0.6) is 0 Å². The van der Waals surface area contributed by atoms with Gasteiger partial charge in [0.25, 0.3) is 0 Å². The normalized spacial score (nSPS) is 16.8. The highest BCUT2D eigenvalue weighted by Crippen LogP contribution is 2.26. The van der Waals surface area contributed by atoms with Crippen LogP contribution in [-0.4, -0.2) is 53.4 Å². The highest BCUT2D eigenvalue weighted by Gasteiger charge is 2.27. The molecule has 1 aliphatic heterocycles. The second-order valence-electron chi connectivity index (χ2n) is 10.7. The largest absolute Gasteiger partial charge is 0.444 e. The molecule has 5 nitrogen and oxygen atoms in total. The quantitative estimate of drug-likeness (QED) is 0.177. The molecule has 0 unspecified atom stereocenters. The van der Waals surface area contributed by atoms with Crippen LogP contribution in [0.2, 0.25) is 0 Å². The molecule has 1 amide bonds. The van der Waals surface area contributed by atoms with Crippen LogP contribution in [0.15, 0.2) is 74.0 Å². The molecule has 1 aliphatic rings. The van der Waals surface area contributed by atoms with Crippen molar-refractivity contribution in [1.82, 2.24) is 9.80 Å². The maximum atomic E-state index is 12.3. The van der Waals surface area contributed by atoms with Gasteiger partial charge in [-0.15, -0.1) is 0 Å². The fourth-order valence-corrected chi connectivity index (χ4v) is 4.67. The lowest BCUT2D eigenvalue weighted by molar-refractivity contribution is 0.0168. The van der Waals surface area contributed by atoms with Gasteiger partial charge >= 0.3 is 6.09 Å². The van der Waals surface area contributed by atoms with E-state index in [0.717, 1.165) is 58.8 Å². The number of nitrogens with zero attached hydrogens (tertiary/aromatic N) is 3. The van der Waals surface area contributed by atoms with Gasteiger partial charge in [-0.25, -0.2) is 4.79 Å². The third-order valence-electron chi connectivity index (χ3n) is 5.89. The summed E-state index contributed by atoms with van der Waals surface area (Å²) in [7, 11) is 0. The number of allylic oxidation sites excluding steroid dienone is 11. The molecule has 0 aromatic rings. The number of carbonyl (C=O) groups excluding carboxylic acids is 1. The maximum Gasteiger partial charge on any atom is 0.410 e. The number of piperazine rings is 1. The number of amides is 1. The van der Waals surface area contributed by atoms with Crippen molar-refractivity contribution < 1.29 is 9.53 Å². The van der Waals surface area contributed by atoms with Crippen molar-refractivity contribution >= 4 is 39.3 Å². The Labute approximate surface area is 258 Å². The van der Waals surface area contributed by atoms with Crippen LogP contribution in [0.25, 0.3) is 0 Å². The second kappa shape index (κ2) is 20.8. The smallest absolute Gasteiger partial charge is 0.410 e. The Bertz CT molecular complexity index is 990. The molecule has 1 rings (SSSR count). The summed E-state index contributed by atoms with van der Waals surface area (Å²) in [5.41, 5.74) is 4.11. The van der Waals surface area contributed by atoms with E-state index in [4.69, 9.17) is 16.3 Å². The minimum absolute atomic E-state index is 0.235. The number of aliphatic imine (C=N–C) groups is 1. The summed E-state index contributed by atoms with van der Waals surface area (Å²) in [4.78, 5) is 20.9. The number of hydrogen-bond donors (Lipinski definition) is 0. The lowest BCUT2D eigenvalue weighted by Gasteiger charge is -2.38. The van der Waals surface area contributed by atoms with E-state index in [1.165, 1.54) is 12.0 Å². The standard InChI is InChI=1S/C21H34BrN3O2.C12H19Cl/c1-8-10-11-23-16(3)19(18(22)9-2)17(4)24-12-14-25(15-13-24)20(26)27-21(5,6)7;1-4-6-7-9-12(13)10-11(3)8-5-2/h9-11H,8,12-15H2,1-7H3;6-7,9-10H,4-5,8H2,1-3H3/b11-10+,18-9+,19-17-,23-16+;7-6+,11-10+,12-9+. The van der Waals surface area contributed by atoms with E-state index >= 15 is 0 Å². The van der Waals surface area contributed by atoms with Gasteiger partial charge in [0.2, 0.25) is 0 Å². The molecular formula is C33H53BrClN3O2. The molecule has 0 aliphatic carbocycles. The van der Waals surface area contributed by atoms with Crippen molar-refractivity contribution in [1.29, 1.82) is 0 Å². The van der Waals surface area contributed by atoms with Gasteiger partial charge in [-0.3, -0.25) is 4.99 Å². The van der Waals surface area contributed by atoms with E-state index < -0.39 is 5.60 Å². The molecule has 0 saturated carbocycles. The zero-order valence-electron chi connectivity index (χ0n) is 26.6. The fraction of sp³-hybridized carbons (Fsp3) is 0.576. The van der Waals surface area contributed by atoms with Gasteiger partial charge in [0.05, 0.1) is 0 Å². The van der Waals surface area contributed by atoms with Crippen LogP contribution in [-0.2, 0) is 4.74 Å². The summed E-state index contributed by atoms with van der Waals surface area (Å²) in [6.45, 7) is 23.2. The lowest BCUT2D eigenvalue weighted by Crippen LogP contribution is -2.49. The Kier molecular flexibility index (Phi) is 19.7. The molecule has 1 saturated heterocycles. The highest BCUT2D eigenvalue weighted by molar-refractivity contribution is 9.12. The van der Waals surface area contributed by atoms with Crippen LogP contribution >= 0.6 is 27.5 Å². The maximum absolute atomic E-state index is 12.3. The number of rotatable bonds is 10. The molecule has 0 N–H and O–H groups in total. The van der Waals surface area contributed by atoms with Crippen molar-refractivity contribution in [3.8, 4) is 0 Å². The first kappa shape index (κ1) is 38.0. The van der Waals surface area contributed by atoms with Gasteiger partial charge in [-0.05, 0) is 79.9 Å². The third-order valence-corrected chi connectivity index (χ3v) is 6.98. The van der Waals surface area contributed by atoms with Crippen molar-refractivity contribution in [2.24, 2.45) is 4.99 Å². The van der Waals surface area contributed by atoms with Gasteiger partial charge in [0, 0.05) is 58.9 Å². The molecule has 0 atom stereocenters. The second-order valence-corrected chi connectivity index (χ2v) is 12.0. The predicted octanol–water partition coefficient (Wildman–Crippen LogP) is 10.3. The topological polar surface area (TPSA) is 45.1 Å². The molecule has 226 valence electrons. The Hall–Kier alpha value is -2.05. The molecule has 0 spiro atoms. The van der Waals surface area contributed by atoms with E-state index in [-0.39, 0.29) is 6.09 Å². The average molecular weight is 639 g/mol. The van der Waals surface area contributed by atoms with Crippen LogP contribution < -0.4 is 0 Å². The third kappa shape index (κ3) is 16.3. The Balaban J connectivity index is 0.000000983. The van der Waals surface area contributed by atoms with E-state index in [1.807, 2.05) is 71.2 Å². The van der Waals surface area contributed by atoms with Crippen molar-refractivity contribution in [2.45, 2.75) is 101 Å². The average Bonchev–Trinajstić information content (AvgIpc) is 2.88. The monoisotopic (exact) mass is 637 g/mol. The van der Waals surface area contributed by atoms with Crippen LogP contribution in [0.1, 0.15) is 94.9 Å². The summed E-state index contributed by atoms with van der Waals surface area (Å²) >= 11 is 9.66. The van der Waals surface area contributed by atoms with Crippen LogP contribution in [0.3, 0.4) is 0 Å². The summed E-state index contributed by atoms with van der Waals surface area (Å²) in [6.07, 6.45) is 18.1. The molecule has 40 heavy (non-hydrogen) atoms.